The van der Waals surface area contributed by atoms with E-state index in [0.717, 1.165) is 0 Å². The van der Waals surface area contributed by atoms with Crippen LogP contribution in [0.15, 0.2) is 23.1 Å². The van der Waals surface area contributed by atoms with Crippen LogP contribution in [0.5, 0.6) is 5.75 Å². The van der Waals surface area contributed by atoms with E-state index >= 15 is 0 Å². The van der Waals surface area contributed by atoms with Gasteiger partial charge in [-0.25, -0.2) is 8.42 Å². The van der Waals surface area contributed by atoms with Crippen molar-refractivity contribution in [2.75, 3.05) is 25.0 Å². The van der Waals surface area contributed by atoms with Crippen molar-refractivity contribution >= 4 is 21.6 Å². The third-order valence-corrected chi connectivity index (χ3v) is 5.21. The molecule has 0 unspecified atom stereocenters. The number of aliphatic hydroxyl groups excluding tert-OH is 1. The molecule has 1 aromatic rings. The minimum atomic E-state index is -3.66. The zero-order chi connectivity index (χ0) is 14.3. The summed E-state index contributed by atoms with van der Waals surface area (Å²) in [6, 6.07) is 4.34. The number of hydrogen-bond donors (Lipinski definition) is 2. The molecular formula is C12H14N2O5S. The van der Waals surface area contributed by atoms with E-state index in [9.17, 15) is 18.3 Å². The standard InChI is InChI=1S/C12H14N2O5S/c15-8-3-4-14(6-8)20(17,18)9-1-2-11-10(5-9)13-12(16)7-19-11/h1-2,5,8,15H,3-4,6-7H2,(H,13,16)/t8-/m1/s1. The van der Waals surface area contributed by atoms with E-state index in [1.807, 2.05) is 0 Å². The van der Waals surface area contributed by atoms with Crippen LogP contribution in [0, 0.1) is 0 Å². The van der Waals surface area contributed by atoms with Gasteiger partial charge in [0.2, 0.25) is 10.0 Å². The minimum absolute atomic E-state index is 0.0720. The maximum atomic E-state index is 12.4. The molecule has 1 aromatic carbocycles. The molecule has 0 radical (unpaired) electrons. The minimum Gasteiger partial charge on any atom is -0.482 e. The van der Waals surface area contributed by atoms with Gasteiger partial charge in [0.1, 0.15) is 5.75 Å². The lowest BCUT2D eigenvalue weighted by atomic mass is 10.2. The summed E-state index contributed by atoms with van der Waals surface area (Å²) < 4.78 is 31.2. The van der Waals surface area contributed by atoms with Crippen molar-refractivity contribution in [3.63, 3.8) is 0 Å². The first-order chi connectivity index (χ1) is 9.46. The molecule has 1 saturated heterocycles. The Bertz CT molecular complexity index is 658. The second kappa shape index (κ2) is 4.72. The van der Waals surface area contributed by atoms with Crippen LogP contribution in [0.4, 0.5) is 5.69 Å². The van der Waals surface area contributed by atoms with E-state index in [2.05, 4.69) is 5.32 Å². The normalized spacial score (nSPS) is 23.1. The molecule has 2 aliphatic rings. The number of hydrogen-bond acceptors (Lipinski definition) is 5. The first kappa shape index (κ1) is 13.3. The average molecular weight is 298 g/mol. The summed E-state index contributed by atoms with van der Waals surface area (Å²) in [5.41, 5.74) is 0.349. The van der Waals surface area contributed by atoms with Crippen LogP contribution in [0.3, 0.4) is 0 Å². The number of rotatable bonds is 2. The highest BCUT2D eigenvalue weighted by atomic mass is 32.2. The zero-order valence-corrected chi connectivity index (χ0v) is 11.4. The molecule has 108 valence electrons. The number of β-amino-alcohol motifs (C(OH)–C–C–N with tert-alkyl or cyclic N) is 1. The Labute approximate surface area is 116 Å². The second-order valence-corrected chi connectivity index (χ2v) is 6.74. The van der Waals surface area contributed by atoms with Gasteiger partial charge in [0.05, 0.1) is 16.7 Å². The number of nitrogens with zero attached hydrogens (tertiary/aromatic N) is 1. The van der Waals surface area contributed by atoms with Crippen LogP contribution in [-0.4, -0.2) is 49.5 Å². The summed E-state index contributed by atoms with van der Waals surface area (Å²) in [6.45, 7) is 0.323. The highest BCUT2D eigenvalue weighted by Gasteiger charge is 2.32. The molecule has 0 bridgehead atoms. The molecule has 2 N–H and O–H groups in total. The quantitative estimate of drug-likeness (QED) is 0.786. The first-order valence-corrected chi connectivity index (χ1v) is 7.66. The Morgan fingerprint density at radius 2 is 2.20 bits per heavy atom. The number of sulfonamides is 1. The van der Waals surface area contributed by atoms with Crippen LogP contribution in [-0.2, 0) is 14.8 Å². The summed E-state index contributed by atoms with van der Waals surface area (Å²) in [5, 5.41) is 12.0. The maximum absolute atomic E-state index is 12.4. The molecule has 2 aliphatic heterocycles. The molecule has 3 rings (SSSR count). The molecule has 2 heterocycles. The van der Waals surface area contributed by atoms with Gasteiger partial charge in [0.25, 0.3) is 5.91 Å². The van der Waals surface area contributed by atoms with Crippen molar-refractivity contribution < 1.29 is 23.1 Å². The molecule has 0 spiro atoms. The number of amides is 1. The van der Waals surface area contributed by atoms with Crippen LogP contribution >= 0.6 is 0 Å². The number of nitrogens with one attached hydrogen (secondary N) is 1. The van der Waals surface area contributed by atoms with Crippen molar-refractivity contribution in [2.24, 2.45) is 0 Å². The smallest absolute Gasteiger partial charge is 0.262 e. The Morgan fingerprint density at radius 1 is 1.40 bits per heavy atom. The number of aliphatic hydroxyl groups is 1. The fraction of sp³-hybridized carbons (Fsp3) is 0.417. The van der Waals surface area contributed by atoms with Gasteiger partial charge in [-0.1, -0.05) is 0 Å². The van der Waals surface area contributed by atoms with Gasteiger partial charge in [-0.2, -0.15) is 4.31 Å². The Balaban J connectivity index is 1.94. The van der Waals surface area contributed by atoms with E-state index in [1.165, 1.54) is 22.5 Å². The van der Waals surface area contributed by atoms with Crippen molar-refractivity contribution in [1.82, 2.24) is 4.31 Å². The van der Waals surface area contributed by atoms with Crippen molar-refractivity contribution in [2.45, 2.75) is 17.4 Å². The third kappa shape index (κ3) is 2.26. The topological polar surface area (TPSA) is 95.9 Å². The molecular weight excluding hydrogens is 284 g/mol. The Hall–Kier alpha value is -1.64. The largest absolute Gasteiger partial charge is 0.482 e. The zero-order valence-electron chi connectivity index (χ0n) is 10.6. The summed E-state index contributed by atoms with van der Waals surface area (Å²) in [7, 11) is -3.66. The number of ether oxygens (including phenoxy) is 1. The Morgan fingerprint density at radius 3 is 2.90 bits per heavy atom. The van der Waals surface area contributed by atoms with Gasteiger partial charge >= 0.3 is 0 Å². The number of carbonyl (C=O) groups is 1. The monoisotopic (exact) mass is 298 g/mol. The molecule has 1 fully saturated rings. The first-order valence-electron chi connectivity index (χ1n) is 6.22. The SMILES string of the molecule is O=C1COc2ccc(S(=O)(=O)N3CC[C@@H](O)C3)cc2N1. The Kier molecular flexibility index (Phi) is 3.15. The van der Waals surface area contributed by atoms with Crippen LogP contribution in [0.1, 0.15) is 6.42 Å². The molecule has 0 aliphatic carbocycles. The van der Waals surface area contributed by atoms with E-state index in [-0.39, 0.29) is 24.0 Å². The molecule has 7 nitrogen and oxygen atoms in total. The predicted octanol–water partition coefficient (Wildman–Crippen LogP) is -0.227. The van der Waals surface area contributed by atoms with Gasteiger partial charge in [0, 0.05) is 13.1 Å². The molecule has 1 atom stereocenters. The lowest BCUT2D eigenvalue weighted by molar-refractivity contribution is -0.118. The number of fused-ring (bicyclic) bond motifs is 1. The van der Waals surface area contributed by atoms with Crippen LogP contribution in [0.25, 0.3) is 0 Å². The molecule has 0 saturated carbocycles. The molecule has 8 heteroatoms. The highest BCUT2D eigenvalue weighted by Crippen LogP contribution is 2.31. The van der Waals surface area contributed by atoms with Gasteiger partial charge in [-0.15, -0.1) is 0 Å². The van der Waals surface area contributed by atoms with Crippen molar-refractivity contribution in [3.05, 3.63) is 18.2 Å². The summed E-state index contributed by atoms with van der Waals surface area (Å²) in [4.78, 5) is 11.3. The van der Waals surface area contributed by atoms with E-state index in [0.29, 0.717) is 24.4 Å². The van der Waals surface area contributed by atoms with Crippen LogP contribution < -0.4 is 10.1 Å². The van der Waals surface area contributed by atoms with Crippen molar-refractivity contribution in [1.29, 1.82) is 0 Å². The van der Waals surface area contributed by atoms with Gasteiger partial charge in [-0.05, 0) is 24.6 Å². The fourth-order valence-corrected chi connectivity index (χ4v) is 3.82. The third-order valence-electron chi connectivity index (χ3n) is 3.35. The number of anilines is 1. The van der Waals surface area contributed by atoms with E-state index in [1.54, 1.807) is 0 Å². The second-order valence-electron chi connectivity index (χ2n) is 4.80. The summed E-state index contributed by atoms with van der Waals surface area (Å²) >= 11 is 0. The molecule has 0 aromatic heterocycles. The highest BCUT2D eigenvalue weighted by molar-refractivity contribution is 7.89. The van der Waals surface area contributed by atoms with Crippen LogP contribution in [0.2, 0.25) is 0 Å². The average Bonchev–Trinajstić information content (AvgIpc) is 2.85. The van der Waals surface area contributed by atoms with Gasteiger partial charge in [-0.3, -0.25) is 4.79 Å². The van der Waals surface area contributed by atoms with Gasteiger partial charge < -0.3 is 15.2 Å². The van der Waals surface area contributed by atoms with Gasteiger partial charge in [0.15, 0.2) is 6.61 Å². The molecule has 20 heavy (non-hydrogen) atoms. The summed E-state index contributed by atoms with van der Waals surface area (Å²) in [5.74, 6) is 0.133. The fourth-order valence-electron chi connectivity index (χ4n) is 2.30. The lowest BCUT2D eigenvalue weighted by Crippen LogP contribution is -2.30. The summed E-state index contributed by atoms with van der Waals surface area (Å²) in [6.07, 6.45) is -0.185. The van der Waals surface area contributed by atoms with E-state index < -0.39 is 16.1 Å². The number of benzene rings is 1. The number of carbonyl (C=O) groups excluding carboxylic acids is 1. The lowest BCUT2D eigenvalue weighted by Gasteiger charge is -2.20. The van der Waals surface area contributed by atoms with Crippen molar-refractivity contribution in [3.8, 4) is 5.75 Å². The van der Waals surface area contributed by atoms with E-state index in [4.69, 9.17) is 4.74 Å². The maximum Gasteiger partial charge on any atom is 0.262 e. The molecule has 1 amide bonds. The predicted molar refractivity (Wildman–Crippen MR) is 69.9 cm³/mol.